The average molecular weight is 304 g/mol. The van der Waals surface area contributed by atoms with Crippen molar-refractivity contribution in [3.05, 3.63) is 12.2 Å². The van der Waals surface area contributed by atoms with Crippen molar-refractivity contribution in [3.63, 3.8) is 0 Å². The monoisotopic (exact) mass is 304 g/mol. The zero-order valence-corrected chi connectivity index (χ0v) is 13.6. The number of aromatic nitrogens is 5. The van der Waals surface area contributed by atoms with Crippen LogP contribution in [0.1, 0.15) is 58.9 Å². The normalized spacial score (nSPS) is 23.8. The van der Waals surface area contributed by atoms with Gasteiger partial charge >= 0.3 is 0 Å². The molecule has 0 aliphatic heterocycles. The number of nitrogens with zero attached hydrogens (tertiary/aromatic N) is 4. The molecule has 120 valence electrons. The van der Waals surface area contributed by atoms with Crippen molar-refractivity contribution in [3.8, 4) is 11.6 Å². The number of hydrogen-bond acceptors (Lipinski definition) is 6. The van der Waals surface area contributed by atoms with Crippen LogP contribution in [0.5, 0.6) is 0 Å². The SMILES string of the molecule is C[C@@H]1CCC[C@@H]1N[C@@H](c1nc(-c2ncn[nH]2)no1)C(C)(C)C. The molecule has 22 heavy (non-hydrogen) atoms. The third kappa shape index (κ3) is 3.04. The van der Waals surface area contributed by atoms with Gasteiger partial charge < -0.3 is 9.84 Å². The molecule has 0 aromatic carbocycles. The Bertz CT molecular complexity index is 600. The number of nitrogens with one attached hydrogen (secondary N) is 2. The highest BCUT2D eigenvalue weighted by atomic mass is 16.5. The molecule has 3 atom stereocenters. The van der Waals surface area contributed by atoms with Crippen molar-refractivity contribution in [2.24, 2.45) is 11.3 Å². The molecule has 1 aliphatic carbocycles. The molecule has 1 fully saturated rings. The van der Waals surface area contributed by atoms with E-state index in [4.69, 9.17) is 4.52 Å². The second-order valence-corrected chi connectivity index (χ2v) is 7.27. The maximum Gasteiger partial charge on any atom is 0.244 e. The quantitative estimate of drug-likeness (QED) is 0.902. The summed E-state index contributed by atoms with van der Waals surface area (Å²) in [4.78, 5) is 8.58. The third-order valence-electron chi connectivity index (χ3n) is 4.42. The van der Waals surface area contributed by atoms with E-state index in [0.717, 1.165) is 0 Å². The lowest BCUT2D eigenvalue weighted by atomic mass is 9.85. The van der Waals surface area contributed by atoms with E-state index in [1.165, 1.54) is 25.6 Å². The Morgan fingerprint density at radius 2 is 2.18 bits per heavy atom. The molecule has 0 spiro atoms. The first-order valence-electron chi connectivity index (χ1n) is 7.90. The topological polar surface area (TPSA) is 92.5 Å². The van der Waals surface area contributed by atoms with E-state index in [2.05, 4.69) is 58.3 Å². The maximum atomic E-state index is 5.51. The molecular formula is C15H24N6O. The Morgan fingerprint density at radius 1 is 1.36 bits per heavy atom. The van der Waals surface area contributed by atoms with Crippen LogP contribution in [0.4, 0.5) is 0 Å². The average Bonchev–Trinajstić information content (AvgIpc) is 3.16. The van der Waals surface area contributed by atoms with E-state index in [-0.39, 0.29) is 11.5 Å². The Morgan fingerprint density at radius 3 is 2.77 bits per heavy atom. The molecule has 0 radical (unpaired) electrons. The van der Waals surface area contributed by atoms with Crippen molar-refractivity contribution >= 4 is 0 Å². The van der Waals surface area contributed by atoms with Crippen molar-refractivity contribution in [1.82, 2.24) is 30.6 Å². The molecule has 7 heteroatoms. The summed E-state index contributed by atoms with van der Waals surface area (Å²) in [6.07, 6.45) is 5.20. The first-order chi connectivity index (χ1) is 10.4. The van der Waals surface area contributed by atoms with E-state index in [1.807, 2.05) is 0 Å². The van der Waals surface area contributed by atoms with Gasteiger partial charge in [0.2, 0.25) is 11.7 Å². The van der Waals surface area contributed by atoms with Gasteiger partial charge in [-0.2, -0.15) is 10.1 Å². The van der Waals surface area contributed by atoms with Crippen LogP contribution in [0.3, 0.4) is 0 Å². The molecule has 0 unspecified atom stereocenters. The van der Waals surface area contributed by atoms with Gasteiger partial charge in [0.05, 0.1) is 6.04 Å². The van der Waals surface area contributed by atoms with Crippen molar-refractivity contribution in [2.75, 3.05) is 0 Å². The molecule has 2 N–H and O–H groups in total. The number of H-pyrrole nitrogens is 1. The summed E-state index contributed by atoms with van der Waals surface area (Å²) in [6, 6.07) is 0.520. The zero-order valence-electron chi connectivity index (χ0n) is 13.6. The molecule has 3 rings (SSSR count). The van der Waals surface area contributed by atoms with Gasteiger partial charge in [0.1, 0.15) is 6.33 Å². The van der Waals surface area contributed by atoms with Crippen LogP contribution in [0.15, 0.2) is 10.9 Å². The fourth-order valence-electron chi connectivity index (χ4n) is 3.06. The lowest BCUT2D eigenvalue weighted by molar-refractivity contribution is 0.187. The smallest absolute Gasteiger partial charge is 0.244 e. The molecule has 2 aromatic heterocycles. The molecule has 2 aromatic rings. The Hall–Kier alpha value is -1.76. The van der Waals surface area contributed by atoms with Gasteiger partial charge in [-0.3, -0.25) is 5.10 Å². The van der Waals surface area contributed by atoms with Crippen LogP contribution in [0, 0.1) is 11.3 Å². The van der Waals surface area contributed by atoms with Crippen LogP contribution < -0.4 is 5.32 Å². The van der Waals surface area contributed by atoms with E-state index >= 15 is 0 Å². The predicted molar refractivity (Wildman–Crippen MR) is 81.8 cm³/mol. The Labute approximate surface area is 130 Å². The zero-order chi connectivity index (χ0) is 15.7. The molecule has 0 amide bonds. The van der Waals surface area contributed by atoms with Crippen LogP contribution in [0.2, 0.25) is 0 Å². The van der Waals surface area contributed by atoms with Gasteiger partial charge in [-0.15, -0.1) is 0 Å². The lowest BCUT2D eigenvalue weighted by Gasteiger charge is -2.32. The second-order valence-electron chi connectivity index (χ2n) is 7.27. The van der Waals surface area contributed by atoms with Crippen LogP contribution in [-0.2, 0) is 0 Å². The van der Waals surface area contributed by atoms with E-state index in [9.17, 15) is 0 Å². The summed E-state index contributed by atoms with van der Waals surface area (Å²) >= 11 is 0. The molecule has 0 saturated heterocycles. The fourth-order valence-corrected chi connectivity index (χ4v) is 3.06. The minimum absolute atomic E-state index is 0.0159. The molecule has 7 nitrogen and oxygen atoms in total. The number of hydrogen-bond donors (Lipinski definition) is 2. The summed E-state index contributed by atoms with van der Waals surface area (Å²) in [5, 5.41) is 14.3. The van der Waals surface area contributed by atoms with Crippen molar-refractivity contribution in [2.45, 2.75) is 59.0 Å². The van der Waals surface area contributed by atoms with E-state index in [1.54, 1.807) is 0 Å². The first-order valence-corrected chi connectivity index (χ1v) is 7.90. The molecular weight excluding hydrogens is 280 g/mol. The highest BCUT2D eigenvalue weighted by Gasteiger charge is 2.35. The standard InChI is InChI=1S/C15H24N6O/c1-9-6-5-7-10(9)18-11(15(2,3)4)14-19-13(21-22-14)12-16-8-17-20-12/h8-11,18H,5-7H2,1-4H3,(H,16,17,20)/t9-,10+,11+/m1/s1. The van der Waals surface area contributed by atoms with E-state index < -0.39 is 0 Å². The first kappa shape index (κ1) is 15.1. The van der Waals surface area contributed by atoms with Gasteiger partial charge in [-0.1, -0.05) is 39.3 Å². The van der Waals surface area contributed by atoms with Gasteiger partial charge in [0.25, 0.3) is 0 Å². The van der Waals surface area contributed by atoms with Crippen molar-refractivity contribution < 1.29 is 4.52 Å². The highest BCUT2D eigenvalue weighted by Crippen LogP contribution is 2.36. The van der Waals surface area contributed by atoms with Gasteiger partial charge in [-0.25, -0.2) is 4.98 Å². The van der Waals surface area contributed by atoms with Crippen LogP contribution in [-0.4, -0.2) is 31.4 Å². The minimum Gasteiger partial charge on any atom is -0.337 e. The summed E-state index contributed by atoms with van der Waals surface area (Å²) in [6.45, 7) is 8.85. The van der Waals surface area contributed by atoms with Crippen molar-refractivity contribution in [1.29, 1.82) is 0 Å². The largest absolute Gasteiger partial charge is 0.337 e. The third-order valence-corrected chi connectivity index (χ3v) is 4.42. The lowest BCUT2D eigenvalue weighted by Crippen LogP contribution is -2.40. The summed E-state index contributed by atoms with van der Waals surface area (Å²) in [5.41, 5.74) is -0.0203. The van der Waals surface area contributed by atoms with Gasteiger partial charge in [0.15, 0.2) is 5.82 Å². The number of rotatable bonds is 4. The van der Waals surface area contributed by atoms with E-state index in [0.29, 0.717) is 29.5 Å². The summed E-state index contributed by atoms with van der Waals surface area (Å²) in [7, 11) is 0. The molecule has 2 heterocycles. The molecule has 1 saturated carbocycles. The van der Waals surface area contributed by atoms with Crippen LogP contribution >= 0.6 is 0 Å². The van der Waals surface area contributed by atoms with Gasteiger partial charge in [-0.05, 0) is 24.2 Å². The molecule has 0 bridgehead atoms. The van der Waals surface area contributed by atoms with Crippen LogP contribution in [0.25, 0.3) is 11.6 Å². The second kappa shape index (κ2) is 5.79. The maximum absolute atomic E-state index is 5.51. The minimum atomic E-state index is -0.0203. The highest BCUT2D eigenvalue weighted by molar-refractivity contribution is 5.39. The Balaban J connectivity index is 1.83. The summed E-state index contributed by atoms with van der Waals surface area (Å²) in [5.74, 6) is 2.26. The Kier molecular flexibility index (Phi) is 3.99. The molecule has 1 aliphatic rings. The summed E-state index contributed by atoms with van der Waals surface area (Å²) < 4.78 is 5.51. The predicted octanol–water partition coefficient (Wildman–Crippen LogP) is 2.72. The van der Waals surface area contributed by atoms with Gasteiger partial charge in [0, 0.05) is 6.04 Å². The fraction of sp³-hybridized carbons (Fsp3) is 0.733. The number of aromatic amines is 1.